The largest absolute Gasteiger partial charge is 0.299 e. The van der Waals surface area contributed by atoms with E-state index in [1.54, 1.807) is 4.68 Å². The molecular weight excluding hydrogens is 389 g/mol. The van der Waals surface area contributed by atoms with Crippen molar-refractivity contribution < 1.29 is 9.18 Å². The van der Waals surface area contributed by atoms with Crippen LogP contribution in [-0.4, -0.2) is 26.7 Å². The summed E-state index contributed by atoms with van der Waals surface area (Å²) in [5, 5.41) is 6.44. The van der Waals surface area contributed by atoms with Crippen LogP contribution in [0.4, 0.5) is 4.39 Å². The zero-order chi connectivity index (χ0) is 21.4. The molecule has 2 aliphatic carbocycles. The molecule has 5 heteroatoms. The van der Waals surface area contributed by atoms with Crippen LogP contribution >= 0.6 is 0 Å². The van der Waals surface area contributed by atoms with Gasteiger partial charge in [-0.2, -0.15) is 5.10 Å². The summed E-state index contributed by atoms with van der Waals surface area (Å²) in [6, 6.07) is 8.37. The molecule has 0 atom stereocenters. The van der Waals surface area contributed by atoms with Gasteiger partial charge in [0.25, 0.3) is 0 Å². The number of aromatic nitrogens is 3. The number of alkyl halides is 1. The molecule has 5 rings (SSSR count). The number of fused-ring (bicyclic) bond motifs is 1. The molecular formula is C26H30FN3O. The van der Waals surface area contributed by atoms with Gasteiger partial charge in [0, 0.05) is 48.4 Å². The number of Topliss-reactive ketones (excluding diaryl/α,β-unsaturated/α-hetero) is 1. The maximum Gasteiger partial charge on any atom is 0.141 e. The van der Waals surface area contributed by atoms with Crippen LogP contribution in [0.2, 0.25) is 0 Å². The summed E-state index contributed by atoms with van der Waals surface area (Å²) in [7, 11) is 1.92. The first-order chi connectivity index (χ1) is 15.0. The number of carbonyl (C=O) groups excluding carboxylic acids is 1. The zero-order valence-electron chi connectivity index (χ0n) is 18.1. The number of rotatable bonds is 6. The summed E-state index contributed by atoms with van der Waals surface area (Å²) >= 11 is 0. The molecule has 0 N–H and O–H groups in total. The number of carbonyl (C=O) groups is 1. The van der Waals surface area contributed by atoms with Crippen molar-refractivity contribution in [2.75, 3.05) is 0 Å². The van der Waals surface area contributed by atoms with Gasteiger partial charge in [-0.15, -0.1) is 0 Å². The van der Waals surface area contributed by atoms with Gasteiger partial charge < -0.3 is 0 Å². The Kier molecular flexibility index (Phi) is 5.59. The monoisotopic (exact) mass is 419 g/mol. The third kappa shape index (κ3) is 4.56. The maximum absolute atomic E-state index is 13.0. The third-order valence-corrected chi connectivity index (χ3v) is 7.32. The van der Waals surface area contributed by atoms with Gasteiger partial charge in [-0.1, -0.05) is 12.1 Å². The highest BCUT2D eigenvalue weighted by molar-refractivity contribution is 5.88. The minimum absolute atomic E-state index is 0.158. The van der Waals surface area contributed by atoms with Crippen LogP contribution in [0.15, 0.2) is 42.9 Å². The quantitative estimate of drug-likeness (QED) is 0.515. The molecule has 0 radical (unpaired) electrons. The van der Waals surface area contributed by atoms with Crippen LogP contribution in [0.25, 0.3) is 21.9 Å². The lowest BCUT2D eigenvalue weighted by Gasteiger charge is -2.35. The molecule has 0 aliphatic heterocycles. The Balaban J connectivity index is 1.21. The van der Waals surface area contributed by atoms with E-state index in [1.165, 1.54) is 0 Å². The van der Waals surface area contributed by atoms with E-state index in [2.05, 4.69) is 34.3 Å². The molecule has 31 heavy (non-hydrogen) atoms. The van der Waals surface area contributed by atoms with Crippen LogP contribution < -0.4 is 0 Å². The fourth-order valence-electron chi connectivity index (χ4n) is 5.39. The highest BCUT2D eigenvalue weighted by atomic mass is 19.1. The minimum atomic E-state index is -0.558. The van der Waals surface area contributed by atoms with E-state index < -0.39 is 6.17 Å². The highest BCUT2D eigenvalue weighted by Crippen LogP contribution is 2.40. The number of halogens is 1. The lowest BCUT2D eigenvalue weighted by atomic mass is 9.71. The summed E-state index contributed by atoms with van der Waals surface area (Å²) < 4.78 is 14.8. The highest BCUT2D eigenvalue weighted by Gasteiger charge is 2.33. The lowest BCUT2D eigenvalue weighted by molar-refractivity contribution is -0.123. The van der Waals surface area contributed by atoms with Crippen LogP contribution in [-0.2, 0) is 18.3 Å². The average Bonchev–Trinajstić information content (AvgIpc) is 3.19. The molecule has 2 fully saturated rings. The summed E-state index contributed by atoms with van der Waals surface area (Å²) in [6.07, 6.45) is 12.5. The van der Waals surface area contributed by atoms with Gasteiger partial charge in [-0.3, -0.25) is 14.5 Å². The molecule has 2 heterocycles. The molecule has 0 spiro atoms. The molecule has 2 aromatic heterocycles. The standard InChI is InChI=1S/C26H30FN3O/c1-30-16-23(15-29-30)20-6-7-21-14-28-25(12-22(21)11-20)13-26(31)19-4-2-17(3-5-19)8-18-9-24(27)10-18/h6-7,11-12,14-19,24H,2-5,8-10,13H2,1H3. The first-order valence-corrected chi connectivity index (χ1v) is 11.6. The van der Waals surface area contributed by atoms with Crippen molar-refractivity contribution in [2.45, 2.75) is 57.5 Å². The Labute approximate surface area is 182 Å². The number of pyridine rings is 1. The van der Waals surface area contributed by atoms with Crippen molar-refractivity contribution in [1.82, 2.24) is 14.8 Å². The molecule has 0 saturated heterocycles. The predicted octanol–water partition coefficient (Wildman–Crippen LogP) is 5.69. The average molecular weight is 420 g/mol. The molecule has 1 aromatic carbocycles. The van der Waals surface area contributed by atoms with Crippen molar-refractivity contribution in [3.05, 3.63) is 48.5 Å². The zero-order valence-corrected chi connectivity index (χ0v) is 18.1. The van der Waals surface area contributed by atoms with Crippen molar-refractivity contribution >= 4 is 16.6 Å². The van der Waals surface area contributed by atoms with E-state index in [0.717, 1.165) is 72.5 Å². The summed E-state index contributed by atoms with van der Waals surface area (Å²) in [5.41, 5.74) is 3.05. The van der Waals surface area contributed by atoms with E-state index in [9.17, 15) is 9.18 Å². The molecule has 0 amide bonds. The van der Waals surface area contributed by atoms with Crippen molar-refractivity contribution in [2.24, 2.45) is 24.8 Å². The Hall–Kier alpha value is -2.56. The molecule has 162 valence electrons. The number of aryl methyl sites for hydroxylation is 1. The van der Waals surface area contributed by atoms with Gasteiger partial charge in [0.05, 0.1) is 6.20 Å². The van der Waals surface area contributed by atoms with Crippen molar-refractivity contribution in [1.29, 1.82) is 0 Å². The smallest absolute Gasteiger partial charge is 0.141 e. The van der Waals surface area contributed by atoms with Crippen LogP contribution in [0.1, 0.15) is 50.6 Å². The third-order valence-electron chi connectivity index (χ3n) is 7.32. The second-order valence-corrected chi connectivity index (χ2v) is 9.67. The van der Waals surface area contributed by atoms with Crippen molar-refractivity contribution in [3.8, 4) is 11.1 Å². The fraction of sp³-hybridized carbons (Fsp3) is 0.500. The number of ketones is 1. The second-order valence-electron chi connectivity index (χ2n) is 9.67. The topological polar surface area (TPSA) is 47.8 Å². The van der Waals surface area contributed by atoms with E-state index >= 15 is 0 Å². The van der Waals surface area contributed by atoms with E-state index in [4.69, 9.17) is 0 Å². The molecule has 0 unspecified atom stereocenters. The fourth-order valence-corrected chi connectivity index (χ4v) is 5.39. The normalized spacial score (nSPS) is 26.0. The summed E-state index contributed by atoms with van der Waals surface area (Å²) in [6.45, 7) is 0. The number of benzene rings is 1. The van der Waals surface area contributed by atoms with Crippen LogP contribution in [0.3, 0.4) is 0 Å². The first-order valence-electron chi connectivity index (χ1n) is 11.6. The summed E-state index contributed by atoms with van der Waals surface area (Å²) in [4.78, 5) is 17.5. The number of nitrogens with zero attached hydrogens (tertiary/aromatic N) is 3. The molecule has 0 bridgehead atoms. The van der Waals surface area contributed by atoms with Crippen LogP contribution in [0.5, 0.6) is 0 Å². The van der Waals surface area contributed by atoms with Gasteiger partial charge in [0.15, 0.2) is 0 Å². The van der Waals surface area contributed by atoms with E-state index in [-0.39, 0.29) is 5.92 Å². The molecule has 3 aromatic rings. The minimum Gasteiger partial charge on any atom is -0.299 e. The SMILES string of the molecule is Cn1cc(-c2ccc3cnc(CC(=O)C4CCC(CC5CC(F)C5)CC4)cc3c2)cn1. The predicted molar refractivity (Wildman–Crippen MR) is 120 cm³/mol. The van der Waals surface area contributed by atoms with Gasteiger partial charge in [-0.05, 0) is 79.9 Å². The first kappa shape index (κ1) is 20.3. The van der Waals surface area contributed by atoms with Gasteiger partial charge >= 0.3 is 0 Å². The van der Waals surface area contributed by atoms with Crippen LogP contribution in [0, 0.1) is 17.8 Å². The van der Waals surface area contributed by atoms with Gasteiger partial charge in [-0.25, -0.2) is 4.39 Å². The lowest BCUT2D eigenvalue weighted by Crippen LogP contribution is -2.29. The van der Waals surface area contributed by atoms with E-state index in [1.807, 2.05) is 25.6 Å². The van der Waals surface area contributed by atoms with Crippen molar-refractivity contribution in [3.63, 3.8) is 0 Å². The van der Waals surface area contributed by atoms with Gasteiger partial charge in [0.2, 0.25) is 0 Å². The molecule has 4 nitrogen and oxygen atoms in total. The maximum atomic E-state index is 13.0. The Morgan fingerprint density at radius 2 is 1.84 bits per heavy atom. The molecule has 2 saturated carbocycles. The number of hydrogen-bond donors (Lipinski definition) is 0. The Morgan fingerprint density at radius 1 is 1.03 bits per heavy atom. The van der Waals surface area contributed by atoms with E-state index in [0.29, 0.717) is 24.0 Å². The molecule has 2 aliphatic rings. The second kappa shape index (κ2) is 8.52. The summed E-state index contributed by atoms with van der Waals surface area (Å²) in [5.74, 6) is 1.75. The number of hydrogen-bond acceptors (Lipinski definition) is 3. The Bertz CT molecular complexity index is 1080. The Morgan fingerprint density at radius 3 is 2.55 bits per heavy atom. The van der Waals surface area contributed by atoms with Gasteiger partial charge in [0.1, 0.15) is 12.0 Å².